The standard InChI is InChI=1S/C11H11BrN4/c12-9-10(8-3-1-4-13-7-8)15-16-6-2-5-14-11(9)16/h1,3-4,7,14H,2,5-6H2. The van der Waals surface area contributed by atoms with Gasteiger partial charge in [0.2, 0.25) is 0 Å². The van der Waals surface area contributed by atoms with Crippen molar-refractivity contribution in [2.45, 2.75) is 13.0 Å². The molecule has 82 valence electrons. The molecule has 1 N–H and O–H groups in total. The van der Waals surface area contributed by atoms with Crippen molar-refractivity contribution in [3.63, 3.8) is 0 Å². The minimum absolute atomic E-state index is 0.956. The largest absolute Gasteiger partial charge is 0.369 e. The Morgan fingerprint density at radius 3 is 3.12 bits per heavy atom. The molecule has 0 unspecified atom stereocenters. The summed E-state index contributed by atoms with van der Waals surface area (Å²) in [5, 5.41) is 7.94. The SMILES string of the molecule is Brc1c(-c2cccnc2)nn2c1NCCC2. The van der Waals surface area contributed by atoms with Gasteiger partial charge in [-0.2, -0.15) is 5.10 Å². The van der Waals surface area contributed by atoms with Crippen molar-refractivity contribution in [2.75, 3.05) is 11.9 Å². The minimum Gasteiger partial charge on any atom is -0.369 e. The zero-order valence-corrected chi connectivity index (χ0v) is 10.2. The van der Waals surface area contributed by atoms with Gasteiger partial charge >= 0.3 is 0 Å². The van der Waals surface area contributed by atoms with Crippen LogP contribution < -0.4 is 5.32 Å². The van der Waals surface area contributed by atoms with Crippen molar-refractivity contribution in [1.29, 1.82) is 0 Å². The summed E-state index contributed by atoms with van der Waals surface area (Å²) in [5.74, 6) is 1.07. The molecule has 4 nitrogen and oxygen atoms in total. The fourth-order valence-electron chi connectivity index (χ4n) is 1.89. The van der Waals surface area contributed by atoms with E-state index >= 15 is 0 Å². The van der Waals surface area contributed by atoms with Gasteiger partial charge in [0, 0.05) is 31.0 Å². The average Bonchev–Trinajstić information content (AvgIpc) is 2.69. The summed E-state index contributed by atoms with van der Waals surface area (Å²) in [6.07, 6.45) is 4.72. The van der Waals surface area contributed by atoms with Gasteiger partial charge in [-0.3, -0.25) is 4.98 Å². The lowest BCUT2D eigenvalue weighted by molar-refractivity contribution is 0.568. The number of anilines is 1. The second kappa shape index (κ2) is 3.90. The van der Waals surface area contributed by atoms with Crippen molar-refractivity contribution in [1.82, 2.24) is 14.8 Å². The van der Waals surface area contributed by atoms with E-state index in [2.05, 4.69) is 31.3 Å². The van der Waals surface area contributed by atoms with E-state index in [-0.39, 0.29) is 0 Å². The highest BCUT2D eigenvalue weighted by Crippen LogP contribution is 2.34. The summed E-state index contributed by atoms with van der Waals surface area (Å²) in [6.45, 7) is 1.98. The van der Waals surface area contributed by atoms with E-state index in [9.17, 15) is 0 Å². The van der Waals surface area contributed by atoms with E-state index in [1.807, 2.05) is 23.0 Å². The van der Waals surface area contributed by atoms with Crippen molar-refractivity contribution in [3.05, 3.63) is 29.0 Å². The summed E-state index contributed by atoms with van der Waals surface area (Å²) >= 11 is 3.60. The number of aromatic nitrogens is 3. The summed E-state index contributed by atoms with van der Waals surface area (Å²) in [5.41, 5.74) is 2.00. The molecule has 16 heavy (non-hydrogen) atoms. The van der Waals surface area contributed by atoms with Crippen LogP contribution in [0.4, 0.5) is 5.82 Å². The number of pyridine rings is 1. The number of hydrogen-bond donors (Lipinski definition) is 1. The highest BCUT2D eigenvalue weighted by Gasteiger charge is 2.19. The molecule has 0 bridgehead atoms. The Hall–Kier alpha value is -1.36. The summed E-state index contributed by atoms with van der Waals surface area (Å²) < 4.78 is 3.04. The summed E-state index contributed by atoms with van der Waals surface area (Å²) in [7, 11) is 0. The number of rotatable bonds is 1. The Labute approximate surface area is 102 Å². The average molecular weight is 279 g/mol. The molecule has 0 aromatic carbocycles. The molecule has 2 aromatic rings. The van der Waals surface area contributed by atoms with Crippen molar-refractivity contribution in [3.8, 4) is 11.3 Å². The topological polar surface area (TPSA) is 42.7 Å². The molecule has 0 spiro atoms. The van der Waals surface area contributed by atoms with Crippen LogP contribution in [0.3, 0.4) is 0 Å². The third kappa shape index (κ3) is 1.51. The fourth-order valence-corrected chi connectivity index (χ4v) is 2.55. The van der Waals surface area contributed by atoms with E-state index < -0.39 is 0 Å². The minimum atomic E-state index is 0.956. The number of hydrogen-bond acceptors (Lipinski definition) is 3. The van der Waals surface area contributed by atoms with Crippen LogP contribution in [0.5, 0.6) is 0 Å². The predicted molar refractivity (Wildman–Crippen MR) is 66.3 cm³/mol. The maximum atomic E-state index is 4.59. The van der Waals surface area contributed by atoms with Crippen LogP contribution in [-0.4, -0.2) is 21.3 Å². The summed E-state index contributed by atoms with van der Waals surface area (Å²) in [6, 6.07) is 3.94. The summed E-state index contributed by atoms with van der Waals surface area (Å²) in [4.78, 5) is 4.12. The highest BCUT2D eigenvalue weighted by atomic mass is 79.9. The molecule has 0 aliphatic carbocycles. The van der Waals surface area contributed by atoms with Crippen LogP contribution in [0.1, 0.15) is 6.42 Å². The van der Waals surface area contributed by atoms with E-state index in [0.717, 1.165) is 41.1 Å². The molecule has 3 heterocycles. The molecule has 3 rings (SSSR count). The Morgan fingerprint density at radius 2 is 2.38 bits per heavy atom. The molecule has 0 saturated carbocycles. The lowest BCUT2D eigenvalue weighted by Crippen LogP contribution is -2.17. The zero-order chi connectivity index (χ0) is 11.0. The first-order chi connectivity index (χ1) is 7.86. The normalized spacial score (nSPS) is 14.3. The molecule has 0 fully saturated rings. The van der Waals surface area contributed by atoms with Gasteiger partial charge in [-0.25, -0.2) is 4.68 Å². The molecule has 2 aromatic heterocycles. The lowest BCUT2D eigenvalue weighted by atomic mass is 10.2. The van der Waals surface area contributed by atoms with Crippen molar-refractivity contribution in [2.24, 2.45) is 0 Å². The molecule has 0 radical (unpaired) electrons. The van der Waals surface area contributed by atoms with Crippen LogP contribution in [0.15, 0.2) is 29.0 Å². The molecular formula is C11H11BrN4. The van der Waals surface area contributed by atoms with Crippen LogP contribution in [0.25, 0.3) is 11.3 Å². The van der Waals surface area contributed by atoms with Gasteiger partial charge in [0.05, 0.1) is 4.47 Å². The number of fused-ring (bicyclic) bond motifs is 1. The van der Waals surface area contributed by atoms with Crippen LogP contribution >= 0.6 is 15.9 Å². The van der Waals surface area contributed by atoms with E-state index in [4.69, 9.17) is 0 Å². The first-order valence-corrected chi connectivity index (χ1v) is 6.06. The molecule has 5 heteroatoms. The number of nitrogens with one attached hydrogen (secondary N) is 1. The van der Waals surface area contributed by atoms with Crippen LogP contribution in [0.2, 0.25) is 0 Å². The Balaban J connectivity index is 2.12. The lowest BCUT2D eigenvalue weighted by Gasteiger charge is -2.15. The van der Waals surface area contributed by atoms with E-state index in [1.165, 1.54) is 0 Å². The number of halogens is 1. The smallest absolute Gasteiger partial charge is 0.139 e. The van der Waals surface area contributed by atoms with E-state index in [0.29, 0.717) is 0 Å². The van der Waals surface area contributed by atoms with Crippen molar-refractivity contribution >= 4 is 21.7 Å². The fraction of sp³-hybridized carbons (Fsp3) is 0.273. The van der Waals surface area contributed by atoms with Gasteiger partial charge in [0.25, 0.3) is 0 Å². The van der Waals surface area contributed by atoms with Gasteiger partial charge in [-0.05, 0) is 34.5 Å². The second-order valence-corrected chi connectivity index (χ2v) is 4.55. The first-order valence-electron chi connectivity index (χ1n) is 5.27. The number of nitrogens with zero attached hydrogens (tertiary/aromatic N) is 3. The molecular weight excluding hydrogens is 268 g/mol. The van der Waals surface area contributed by atoms with Crippen LogP contribution in [0, 0.1) is 0 Å². The van der Waals surface area contributed by atoms with Crippen molar-refractivity contribution < 1.29 is 0 Å². The van der Waals surface area contributed by atoms with Gasteiger partial charge in [-0.1, -0.05) is 0 Å². The molecule has 1 aliphatic rings. The quantitative estimate of drug-likeness (QED) is 0.872. The van der Waals surface area contributed by atoms with Gasteiger partial charge in [-0.15, -0.1) is 0 Å². The highest BCUT2D eigenvalue weighted by molar-refractivity contribution is 9.10. The molecule has 1 aliphatic heterocycles. The zero-order valence-electron chi connectivity index (χ0n) is 8.65. The maximum Gasteiger partial charge on any atom is 0.139 e. The third-order valence-electron chi connectivity index (χ3n) is 2.67. The Morgan fingerprint density at radius 1 is 1.44 bits per heavy atom. The monoisotopic (exact) mass is 278 g/mol. The van der Waals surface area contributed by atoms with Gasteiger partial charge in [0.15, 0.2) is 0 Å². The number of aryl methyl sites for hydroxylation is 1. The predicted octanol–water partition coefficient (Wildman–Crippen LogP) is 2.52. The van der Waals surface area contributed by atoms with Gasteiger partial charge in [0.1, 0.15) is 11.5 Å². The van der Waals surface area contributed by atoms with Gasteiger partial charge < -0.3 is 5.32 Å². The maximum absolute atomic E-state index is 4.59. The Bertz CT molecular complexity index is 506. The van der Waals surface area contributed by atoms with E-state index in [1.54, 1.807) is 6.20 Å². The molecule has 0 saturated heterocycles. The Kier molecular flexibility index (Phi) is 2.40. The molecule has 0 amide bonds. The van der Waals surface area contributed by atoms with Crippen LogP contribution in [-0.2, 0) is 6.54 Å². The molecule has 0 atom stereocenters. The third-order valence-corrected chi connectivity index (χ3v) is 3.42. The first kappa shape index (κ1) is 9.84. The second-order valence-electron chi connectivity index (χ2n) is 3.76.